The van der Waals surface area contributed by atoms with Crippen molar-refractivity contribution in [1.29, 1.82) is 5.26 Å². The van der Waals surface area contributed by atoms with E-state index in [0.29, 0.717) is 11.1 Å². The van der Waals surface area contributed by atoms with E-state index >= 15 is 0 Å². The molecule has 1 N–H and O–H groups in total. The molecule has 31 heavy (non-hydrogen) atoms. The van der Waals surface area contributed by atoms with Crippen LogP contribution in [0.25, 0.3) is 0 Å². The highest BCUT2D eigenvalue weighted by atomic mass is 16.5. The second-order valence-electron chi connectivity index (χ2n) is 7.33. The SMILES string of the molecule is COc1ccc(C(=O)Nc2ccc(N3CCN(c4ccccc4C#N)CC3)cc2)cc1. The molecule has 3 aromatic rings. The topological polar surface area (TPSA) is 68.6 Å². The average Bonchev–Trinajstić information content (AvgIpc) is 2.84. The predicted octanol–water partition coefficient (Wildman–Crippen LogP) is 4.15. The lowest BCUT2D eigenvalue weighted by molar-refractivity contribution is 0.102. The fourth-order valence-electron chi connectivity index (χ4n) is 3.75. The lowest BCUT2D eigenvalue weighted by atomic mass is 10.1. The maximum atomic E-state index is 12.4. The van der Waals surface area contributed by atoms with Crippen LogP contribution in [0.5, 0.6) is 5.75 Å². The van der Waals surface area contributed by atoms with E-state index < -0.39 is 0 Å². The van der Waals surface area contributed by atoms with Gasteiger partial charge in [-0.05, 0) is 60.7 Å². The third kappa shape index (κ3) is 4.62. The van der Waals surface area contributed by atoms with Gasteiger partial charge in [0, 0.05) is 43.1 Å². The zero-order valence-electron chi connectivity index (χ0n) is 17.4. The maximum absolute atomic E-state index is 12.4. The fourth-order valence-corrected chi connectivity index (χ4v) is 3.75. The van der Waals surface area contributed by atoms with Crippen LogP contribution in [-0.2, 0) is 0 Å². The molecule has 0 saturated carbocycles. The zero-order chi connectivity index (χ0) is 21.6. The van der Waals surface area contributed by atoms with Crippen LogP contribution in [0.4, 0.5) is 17.1 Å². The van der Waals surface area contributed by atoms with E-state index in [1.165, 1.54) is 0 Å². The van der Waals surface area contributed by atoms with Gasteiger partial charge in [-0.3, -0.25) is 4.79 Å². The summed E-state index contributed by atoms with van der Waals surface area (Å²) in [5, 5.41) is 12.3. The summed E-state index contributed by atoms with van der Waals surface area (Å²) in [5.41, 5.74) is 4.18. The number of ether oxygens (including phenoxy) is 1. The molecule has 0 bridgehead atoms. The summed E-state index contributed by atoms with van der Waals surface area (Å²) in [6.45, 7) is 3.46. The number of nitrogens with zero attached hydrogens (tertiary/aromatic N) is 3. The molecule has 4 rings (SSSR count). The molecule has 6 heteroatoms. The van der Waals surface area contributed by atoms with Crippen molar-refractivity contribution in [3.8, 4) is 11.8 Å². The molecule has 0 radical (unpaired) electrons. The highest BCUT2D eigenvalue weighted by Crippen LogP contribution is 2.24. The van der Waals surface area contributed by atoms with Gasteiger partial charge in [-0.15, -0.1) is 0 Å². The molecule has 156 valence electrons. The highest BCUT2D eigenvalue weighted by molar-refractivity contribution is 6.04. The van der Waals surface area contributed by atoms with Crippen molar-refractivity contribution >= 4 is 23.0 Å². The highest BCUT2D eigenvalue weighted by Gasteiger charge is 2.19. The number of carbonyl (C=O) groups is 1. The number of piperazine rings is 1. The number of benzene rings is 3. The summed E-state index contributed by atoms with van der Waals surface area (Å²) in [7, 11) is 1.60. The molecule has 1 heterocycles. The van der Waals surface area contributed by atoms with Crippen LogP contribution in [0.15, 0.2) is 72.8 Å². The minimum absolute atomic E-state index is 0.153. The van der Waals surface area contributed by atoms with E-state index in [0.717, 1.165) is 49.0 Å². The van der Waals surface area contributed by atoms with Gasteiger partial charge in [0.15, 0.2) is 0 Å². The molecule has 3 aromatic carbocycles. The van der Waals surface area contributed by atoms with Gasteiger partial charge in [0.2, 0.25) is 0 Å². The number of hydrogen-bond donors (Lipinski definition) is 1. The van der Waals surface area contributed by atoms with Crippen LogP contribution in [0, 0.1) is 11.3 Å². The second kappa shape index (κ2) is 9.23. The van der Waals surface area contributed by atoms with Crippen LogP contribution in [-0.4, -0.2) is 39.2 Å². The van der Waals surface area contributed by atoms with Gasteiger partial charge in [0.05, 0.1) is 18.4 Å². The summed E-state index contributed by atoms with van der Waals surface area (Å²) in [5.74, 6) is 0.567. The van der Waals surface area contributed by atoms with Crippen molar-refractivity contribution in [2.24, 2.45) is 0 Å². The van der Waals surface area contributed by atoms with Crippen molar-refractivity contribution in [1.82, 2.24) is 0 Å². The standard InChI is InChI=1S/C25H24N4O2/c1-31-23-12-6-19(7-13-23)25(30)27-21-8-10-22(11-9-21)28-14-16-29(17-15-28)24-5-3-2-4-20(24)18-26/h2-13H,14-17H2,1H3,(H,27,30). The van der Waals surface area contributed by atoms with Crippen LogP contribution >= 0.6 is 0 Å². The summed E-state index contributed by atoms with van der Waals surface area (Å²) in [6, 6.07) is 25.0. The Kier molecular flexibility index (Phi) is 6.04. The first kappa shape index (κ1) is 20.3. The number of methoxy groups -OCH3 is 1. The summed E-state index contributed by atoms with van der Waals surface area (Å²) in [6.07, 6.45) is 0. The molecular formula is C25H24N4O2. The van der Waals surface area contributed by atoms with E-state index in [4.69, 9.17) is 4.74 Å². The minimum atomic E-state index is -0.153. The molecule has 0 atom stereocenters. The summed E-state index contributed by atoms with van der Waals surface area (Å²) < 4.78 is 5.13. The summed E-state index contributed by atoms with van der Waals surface area (Å²) in [4.78, 5) is 17.0. The monoisotopic (exact) mass is 412 g/mol. The van der Waals surface area contributed by atoms with E-state index in [-0.39, 0.29) is 5.91 Å². The zero-order valence-corrected chi connectivity index (χ0v) is 17.4. The lowest BCUT2D eigenvalue weighted by Gasteiger charge is -2.37. The summed E-state index contributed by atoms with van der Waals surface area (Å²) >= 11 is 0. The van der Waals surface area contributed by atoms with Crippen LogP contribution < -0.4 is 19.9 Å². The molecule has 1 aliphatic rings. The Morgan fingerprint density at radius 1 is 0.903 bits per heavy atom. The molecule has 0 aromatic heterocycles. The molecular weight excluding hydrogens is 388 g/mol. The average molecular weight is 412 g/mol. The molecule has 0 unspecified atom stereocenters. The first-order valence-electron chi connectivity index (χ1n) is 10.2. The van der Waals surface area contributed by atoms with Crippen LogP contribution in [0.3, 0.4) is 0 Å². The molecule has 1 fully saturated rings. The van der Waals surface area contributed by atoms with Crippen molar-refractivity contribution in [3.63, 3.8) is 0 Å². The third-order valence-corrected chi connectivity index (χ3v) is 5.49. The minimum Gasteiger partial charge on any atom is -0.497 e. The first-order chi connectivity index (χ1) is 15.2. The van der Waals surface area contributed by atoms with Crippen LogP contribution in [0.2, 0.25) is 0 Å². The van der Waals surface area contributed by atoms with Gasteiger partial charge < -0.3 is 19.9 Å². The number of nitriles is 1. The van der Waals surface area contributed by atoms with Gasteiger partial charge >= 0.3 is 0 Å². The number of anilines is 3. The second-order valence-corrected chi connectivity index (χ2v) is 7.33. The van der Waals surface area contributed by atoms with E-state index in [9.17, 15) is 10.1 Å². The Bertz CT molecular complexity index is 1080. The number of amides is 1. The number of rotatable bonds is 5. The molecule has 0 aliphatic carbocycles. The largest absolute Gasteiger partial charge is 0.497 e. The lowest BCUT2D eigenvalue weighted by Crippen LogP contribution is -2.46. The molecule has 0 spiro atoms. The number of para-hydroxylation sites is 1. The first-order valence-corrected chi connectivity index (χ1v) is 10.2. The van der Waals surface area contributed by atoms with Crippen molar-refractivity contribution in [2.45, 2.75) is 0 Å². The number of hydrogen-bond acceptors (Lipinski definition) is 5. The van der Waals surface area contributed by atoms with Crippen molar-refractivity contribution in [3.05, 3.63) is 83.9 Å². The fraction of sp³-hybridized carbons (Fsp3) is 0.200. The van der Waals surface area contributed by atoms with Gasteiger partial charge in [-0.2, -0.15) is 5.26 Å². The van der Waals surface area contributed by atoms with E-state index in [1.54, 1.807) is 31.4 Å². The van der Waals surface area contributed by atoms with Crippen LogP contribution in [0.1, 0.15) is 15.9 Å². The smallest absolute Gasteiger partial charge is 0.255 e. The van der Waals surface area contributed by atoms with Gasteiger partial charge in [-0.1, -0.05) is 12.1 Å². The quantitative estimate of drug-likeness (QED) is 0.682. The Morgan fingerprint density at radius 3 is 2.19 bits per heavy atom. The Balaban J connectivity index is 1.35. The number of nitrogens with one attached hydrogen (secondary N) is 1. The van der Waals surface area contributed by atoms with Crippen molar-refractivity contribution < 1.29 is 9.53 Å². The van der Waals surface area contributed by atoms with Gasteiger partial charge in [-0.25, -0.2) is 0 Å². The normalized spacial score (nSPS) is 13.4. The number of carbonyl (C=O) groups excluding carboxylic acids is 1. The molecule has 1 amide bonds. The molecule has 6 nitrogen and oxygen atoms in total. The third-order valence-electron chi connectivity index (χ3n) is 5.49. The Morgan fingerprint density at radius 2 is 1.55 bits per heavy atom. The van der Waals surface area contributed by atoms with Crippen molar-refractivity contribution in [2.75, 3.05) is 48.4 Å². The molecule has 1 saturated heterocycles. The Labute approximate surface area is 182 Å². The van der Waals surface area contributed by atoms with Gasteiger partial charge in [0.25, 0.3) is 5.91 Å². The maximum Gasteiger partial charge on any atom is 0.255 e. The van der Waals surface area contributed by atoms with E-state index in [2.05, 4.69) is 21.2 Å². The molecule has 1 aliphatic heterocycles. The predicted molar refractivity (Wildman–Crippen MR) is 123 cm³/mol. The van der Waals surface area contributed by atoms with E-state index in [1.807, 2.05) is 48.5 Å². The van der Waals surface area contributed by atoms with Gasteiger partial charge in [0.1, 0.15) is 11.8 Å². The Hall–Kier alpha value is -3.98.